The molecule has 1 amide bonds. The molecule has 16 heavy (non-hydrogen) atoms. The van der Waals surface area contributed by atoms with Crippen LogP contribution in [-0.4, -0.2) is 12.5 Å². The van der Waals surface area contributed by atoms with Gasteiger partial charge in [-0.15, -0.1) is 0 Å². The smallest absolute Gasteiger partial charge is 0.243 e. The fraction of sp³-hybridized carbons (Fsp3) is 0.308. The SMILES string of the molecule is CCCCNC(=O)/C=C/c1ccc(Cl)cc1. The third-order valence-corrected chi connectivity index (χ3v) is 2.38. The van der Waals surface area contributed by atoms with Crippen molar-refractivity contribution in [2.45, 2.75) is 19.8 Å². The van der Waals surface area contributed by atoms with E-state index in [1.807, 2.05) is 12.1 Å². The van der Waals surface area contributed by atoms with E-state index in [1.165, 1.54) is 0 Å². The van der Waals surface area contributed by atoms with Crippen molar-refractivity contribution in [2.24, 2.45) is 0 Å². The molecule has 0 saturated heterocycles. The molecule has 0 unspecified atom stereocenters. The van der Waals surface area contributed by atoms with Gasteiger partial charge in [-0.05, 0) is 30.2 Å². The quantitative estimate of drug-likeness (QED) is 0.618. The van der Waals surface area contributed by atoms with Crippen LogP contribution < -0.4 is 5.32 Å². The van der Waals surface area contributed by atoms with E-state index in [9.17, 15) is 4.79 Å². The number of nitrogens with one attached hydrogen (secondary N) is 1. The minimum absolute atomic E-state index is 0.0524. The van der Waals surface area contributed by atoms with Crippen molar-refractivity contribution >= 4 is 23.6 Å². The monoisotopic (exact) mass is 237 g/mol. The molecule has 0 bridgehead atoms. The summed E-state index contributed by atoms with van der Waals surface area (Å²) >= 11 is 5.76. The minimum atomic E-state index is -0.0524. The summed E-state index contributed by atoms with van der Waals surface area (Å²) in [6.07, 6.45) is 5.41. The maximum atomic E-state index is 11.3. The summed E-state index contributed by atoms with van der Waals surface area (Å²) in [7, 11) is 0. The Morgan fingerprint density at radius 2 is 2.06 bits per heavy atom. The lowest BCUT2D eigenvalue weighted by atomic mass is 10.2. The maximum Gasteiger partial charge on any atom is 0.243 e. The second-order valence-corrected chi connectivity index (χ2v) is 3.97. The summed E-state index contributed by atoms with van der Waals surface area (Å²) < 4.78 is 0. The summed E-state index contributed by atoms with van der Waals surface area (Å²) in [6, 6.07) is 7.35. The normalized spacial score (nSPS) is 10.6. The van der Waals surface area contributed by atoms with Crippen LogP contribution in [0.5, 0.6) is 0 Å². The fourth-order valence-corrected chi connectivity index (χ4v) is 1.32. The third kappa shape index (κ3) is 4.99. The number of hydrogen-bond donors (Lipinski definition) is 1. The lowest BCUT2D eigenvalue weighted by Crippen LogP contribution is -2.21. The highest BCUT2D eigenvalue weighted by Crippen LogP contribution is 2.10. The van der Waals surface area contributed by atoms with Gasteiger partial charge in [0.25, 0.3) is 0 Å². The third-order valence-electron chi connectivity index (χ3n) is 2.13. The highest BCUT2D eigenvalue weighted by molar-refractivity contribution is 6.30. The topological polar surface area (TPSA) is 29.1 Å². The van der Waals surface area contributed by atoms with E-state index in [1.54, 1.807) is 24.3 Å². The number of unbranched alkanes of at least 4 members (excludes halogenated alkanes) is 1. The predicted octanol–water partition coefficient (Wildman–Crippen LogP) is 3.27. The maximum absolute atomic E-state index is 11.3. The summed E-state index contributed by atoms with van der Waals surface area (Å²) in [4.78, 5) is 11.3. The molecule has 0 aliphatic heterocycles. The number of carbonyl (C=O) groups is 1. The Balaban J connectivity index is 2.41. The molecular weight excluding hydrogens is 222 g/mol. The first kappa shape index (κ1) is 12.8. The van der Waals surface area contributed by atoms with Gasteiger partial charge in [0.2, 0.25) is 5.91 Å². The molecular formula is C13H16ClNO. The number of carbonyl (C=O) groups excluding carboxylic acids is 1. The predicted molar refractivity (Wildman–Crippen MR) is 68.4 cm³/mol. The van der Waals surface area contributed by atoms with Gasteiger partial charge in [0.1, 0.15) is 0 Å². The molecule has 1 aromatic rings. The number of amides is 1. The van der Waals surface area contributed by atoms with Gasteiger partial charge in [-0.25, -0.2) is 0 Å². The van der Waals surface area contributed by atoms with Gasteiger partial charge in [0.15, 0.2) is 0 Å². The van der Waals surface area contributed by atoms with Gasteiger partial charge in [-0.1, -0.05) is 37.1 Å². The van der Waals surface area contributed by atoms with E-state index >= 15 is 0 Å². The summed E-state index contributed by atoms with van der Waals surface area (Å²) in [5.41, 5.74) is 0.968. The highest BCUT2D eigenvalue weighted by Gasteiger charge is 1.93. The van der Waals surface area contributed by atoms with Crippen LogP contribution in [0.25, 0.3) is 6.08 Å². The molecule has 86 valence electrons. The zero-order valence-electron chi connectivity index (χ0n) is 9.37. The van der Waals surface area contributed by atoms with Crippen LogP contribution in [0.15, 0.2) is 30.3 Å². The minimum Gasteiger partial charge on any atom is -0.353 e. The summed E-state index contributed by atoms with van der Waals surface area (Å²) in [5.74, 6) is -0.0524. The average molecular weight is 238 g/mol. The molecule has 2 nitrogen and oxygen atoms in total. The van der Waals surface area contributed by atoms with Crippen molar-refractivity contribution in [3.05, 3.63) is 40.9 Å². The van der Waals surface area contributed by atoms with Crippen LogP contribution in [0, 0.1) is 0 Å². The number of hydrogen-bond acceptors (Lipinski definition) is 1. The van der Waals surface area contributed by atoms with E-state index in [0.29, 0.717) is 5.02 Å². The standard InChI is InChI=1S/C13H16ClNO/c1-2-3-10-15-13(16)9-6-11-4-7-12(14)8-5-11/h4-9H,2-3,10H2,1H3,(H,15,16)/b9-6+. The van der Waals surface area contributed by atoms with Crippen molar-refractivity contribution in [1.82, 2.24) is 5.32 Å². The Kier molecular flexibility index (Phi) is 5.65. The molecule has 1 N–H and O–H groups in total. The van der Waals surface area contributed by atoms with Crippen LogP contribution in [-0.2, 0) is 4.79 Å². The van der Waals surface area contributed by atoms with Crippen LogP contribution in [0.4, 0.5) is 0 Å². The van der Waals surface area contributed by atoms with Crippen LogP contribution in [0.3, 0.4) is 0 Å². The zero-order chi connectivity index (χ0) is 11.8. The molecule has 3 heteroatoms. The van der Waals surface area contributed by atoms with E-state index < -0.39 is 0 Å². The van der Waals surface area contributed by atoms with Crippen LogP contribution in [0.1, 0.15) is 25.3 Å². The Hall–Kier alpha value is -1.28. The summed E-state index contributed by atoms with van der Waals surface area (Å²) in [6.45, 7) is 2.83. The van der Waals surface area contributed by atoms with Crippen molar-refractivity contribution < 1.29 is 4.79 Å². The van der Waals surface area contributed by atoms with Crippen molar-refractivity contribution in [2.75, 3.05) is 6.54 Å². The van der Waals surface area contributed by atoms with Crippen molar-refractivity contribution in [3.63, 3.8) is 0 Å². The average Bonchev–Trinajstić information content (AvgIpc) is 2.29. The molecule has 0 aliphatic carbocycles. The molecule has 0 aromatic heterocycles. The highest BCUT2D eigenvalue weighted by atomic mass is 35.5. The Morgan fingerprint density at radius 1 is 1.38 bits per heavy atom. The Bertz CT molecular complexity index is 357. The Morgan fingerprint density at radius 3 is 2.69 bits per heavy atom. The van der Waals surface area contributed by atoms with Gasteiger partial charge >= 0.3 is 0 Å². The van der Waals surface area contributed by atoms with Gasteiger partial charge in [-0.2, -0.15) is 0 Å². The van der Waals surface area contributed by atoms with Gasteiger partial charge in [0.05, 0.1) is 0 Å². The number of benzene rings is 1. The number of halogens is 1. The lowest BCUT2D eigenvalue weighted by molar-refractivity contribution is -0.116. The van der Waals surface area contributed by atoms with Crippen molar-refractivity contribution in [3.8, 4) is 0 Å². The van der Waals surface area contributed by atoms with Gasteiger partial charge in [0, 0.05) is 17.6 Å². The van der Waals surface area contributed by atoms with Crippen molar-refractivity contribution in [1.29, 1.82) is 0 Å². The molecule has 0 saturated carbocycles. The second kappa shape index (κ2) is 7.07. The molecule has 0 fully saturated rings. The van der Waals surface area contributed by atoms with Gasteiger partial charge in [-0.3, -0.25) is 4.79 Å². The molecule has 0 aliphatic rings. The second-order valence-electron chi connectivity index (χ2n) is 3.53. The molecule has 0 radical (unpaired) electrons. The largest absolute Gasteiger partial charge is 0.353 e. The van der Waals surface area contributed by atoms with E-state index in [2.05, 4.69) is 12.2 Å². The summed E-state index contributed by atoms with van der Waals surface area (Å²) in [5, 5.41) is 3.51. The first-order chi connectivity index (χ1) is 7.72. The van der Waals surface area contributed by atoms with E-state index in [-0.39, 0.29) is 5.91 Å². The molecule has 1 aromatic carbocycles. The molecule has 0 spiro atoms. The number of rotatable bonds is 5. The van der Waals surface area contributed by atoms with Crippen LogP contribution >= 0.6 is 11.6 Å². The Labute approximate surface area is 101 Å². The van der Waals surface area contributed by atoms with E-state index in [0.717, 1.165) is 24.9 Å². The lowest BCUT2D eigenvalue weighted by Gasteiger charge is -1.99. The first-order valence-corrected chi connectivity index (χ1v) is 5.81. The zero-order valence-corrected chi connectivity index (χ0v) is 10.1. The van der Waals surface area contributed by atoms with Crippen LogP contribution in [0.2, 0.25) is 5.02 Å². The first-order valence-electron chi connectivity index (χ1n) is 5.44. The van der Waals surface area contributed by atoms with Gasteiger partial charge < -0.3 is 5.32 Å². The van der Waals surface area contributed by atoms with E-state index in [4.69, 9.17) is 11.6 Å². The fourth-order valence-electron chi connectivity index (χ4n) is 1.19. The molecule has 1 rings (SSSR count). The molecule has 0 atom stereocenters. The molecule has 0 heterocycles.